The van der Waals surface area contributed by atoms with E-state index in [0.717, 1.165) is 38.4 Å². The fourth-order valence-corrected chi connectivity index (χ4v) is 2.83. The van der Waals surface area contributed by atoms with Gasteiger partial charge in [0, 0.05) is 25.6 Å². The van der Waals surface area contributed by atoms with Gasteiger partial charge in [-0.1, -0.05) is 35.5 Å². The topological polar surface area (TPSA) is 54.2 Å². The number of rotatable bonds is 6. The molecular formula is C16H22N4O. The van der Waals surface area contributed by atoms with Crippen LogP contribution in [0.25, 0.3) is 0 Å². The molecular weight excluding hydrogens is 264 g/mol. The summed E-state index contributed by atoms with van der Waals surface area (Å²) in [6.07, 6.45) is 4.64. The summed E-state index contributed by atoms with van der Waals surface area (Å²) in [6.45, 7) is 4.31. The van der Waals surface area contributed by atoms with Crippen LogP contribution < -0.4 is 5.32 Å². The highest BCUT2D eigenvalue weighted by atomic mass is 16.5. The number of hydrogen-bond acceptors (Lipinski definition) is 5. The fraction of sp³-hybridized carbons (Fsp3) is 0.500. The van der Waals surface area contributed by atoms with Crippen molar-refractivity contribution < 1.29 is 4.52 Å². The number of piperidine rings is 1. The Balaban J connectivity index is 1.35. The predicted molar refractivity (Wildman–Crippen MR) is 80.7 cm³/mol. The van der Waals surface area contributed by atoms with Crippen molar-refractivity contribution in [2.24, 2.45) is 0 Å². The Hall–Kier alpha value is -1.72. The maximum atomic E-state index is 4.73. The molecule has 1 aliphatic heterocycles. The van der Waals surface area contributed by atoms with Gasteiger partial charge in [-0.2, -0.15) is 4.98 Å². The molecule has 0 aliphatic carbocycles. The van der Waals surface area contributed by atoms with Gasteiger partial charge in [-0.15, -0.1) is 0 Å². The average Bonchev–Trinajstić information content (AvgIpc) is 3.03. The minimum atomic E-state index is 0.615. The van der Waals surface area contributed by atoms with E-state index in [1.54, 1.807) is 0 Å². The largest absolute Gasteiger partial charge is 0.343 e. The molecule has 2 heterocycles. The van der Waals surface area contributed by atoms with E-state index >= 15 is 0 Å². The molecule has 21 heavy (non-hydrogen) atoms. The SMILES string of the molecule is c1ccc(CN2CCC(NCCc3ncon3)CC2)cc1. The number of nitrogens with one attached hydrogen (secondary N) is 1. The van der Waals surface area contributed by atoms with Crippen molar-refractivity contribution in [1.82, 2.24) is 20.4 Å². The Kier molecular flexibility index (Phi) is 4.97. The summed E-state index contributed by atoms with van der Waals surface area (Å²) in [5, 5.41) is 7.42. The lowest BCUT2D eigenvalue weighted by Crippen LogP contribution is -2.42. The molecule has 1 saturated heterocycles. The third-order valence-corrected chi connectivity index (χ3v) is 4.03. The average molecular weight is 286 g/mol. The van der Waals surface area contributed by atoms with E-state index in [-0.39, 0.29) is 0 Å². The zero-order valence-electron chi connectivity index (χ0n) is 12.2. The summed E-state index contributed by atoms with van der Waals surface area (Å²) in [5.41, 5.74) is 1.40. The number of benzene rings is 1. The van der Waals surface area contributed by atoms with Gasteiger partial charge in [0.15, 0.2) is 5.82 Å². The highest BCUT2D eigenvalue weighted by molar-refractivity contribution is 5.14. The van der Waals surface area contributed by atoms with Crippen molar-refractivity contribution in [3.8, 4) is 0 Å². The molecule has 5 nitrogen and oxygen atoms in total. The third-order valence-electron chi connectivity index (χ3n) is 4.03. The lowest BCUT2D eigenvalue weighted by Gasteiger charge is -2.32. The third kappa shape index (κ3) is 4.37. The quantitative estimate of drug-likeness (QED) is 0.878. The van der Waals surface area contributed by atoms with Crippen molar-refractivity contribution in [3.63, 3.8) is 0 Å². The Bertz CT molecular complexity index is 506. The molecule has 1 aliphatic rings. The number of aromatic nitrogens is 2. The van der Waals surface area contributed by atoms with Crippen molar-refractivity contribution in [1.29, 1.82) is 0 Å². The minimum Gasteiger partial charge on any atom is -0.343 e. The number of likely N-dealkylation sites (tertiary alicyclic amines) is 1. The van der Waals surface area contributed by atoms with Crippen LogP contribution in [0.1, 0.15) is 24.2 Å². The molecule has 1 aromatic carbocycles. The molecule has 0 amide bonds. The second kappa shape index (κ2) is 7.33. The van der Waals surface area contributed by atoms with E-state index < -0.39 is 0 Å². The van der Waals surface area contributed by atoms with E-state index in [4.69, 9.17) is 4.52 Å². The molecule has 1 aromatic heterocycles. The van der Waals surface area contributed by atoms with Gasteiger partial charge in [-0.3, -0.25) is 4.90 Å². The monoisotopic (exact) mass is 286 g/mol. The van der Waals surface area contributed by atoms with Crippen LogP contribution in [0.2, 0.25) is 0 Å². The molecule has 0 atom stereocenters. The van der Waals surface area contributed by atoms with Gasteiger partial charge in [0.25, 0.3) is 0 Å². The molecule has 0 unspecified atom stereocenters. The predicted octanol–water partition coefficient (Wildman–Crippen LogP) is 1.87. The summed E-state index contributed by atoms with van der Waals surface area (Å²) in [4.78, 5) is 6.57. The van der Waals surface area contributed by atoms with Gasteiger partial charge in [0.2, 0.25) is 6.39 Å². The summed E-state index contributed by atoms with van der Waals surface area (Å²) >= 11 is 0. The van der Waals surface area contributed by atoms with Crippen molar-refractivity contribution >= 4 is 0 Å². The lowest BCUT2D eigenvalue weighted by atomic mass is 10.0. The van der Waals surface area contributed by atoms with Crippen LogP contribution in [0, 0.1) is 0 Å². The normalized spacial score (nSPS) is 17.1. The van der Waals surface area contributed by atoms with Crippen LogP contribution in [-0.4, -0.2) is 40.7 Å². The molecule has 5 heteroatoms. The lowest BCUT2D eigenvalue weighted by molar-refractivity contribution is 0.191. The van der Waals surface area contributed by atoms with Crippen LogP contribution in [0.15, 0.2) is 41.2 Å². The first-order chi connectivity index (χ1) is 10.4. The maximum Gasteiger partial charge on any atom is 0.213 e. The van der Waals surface area contributed by atoms with E-state index in [0.29, 0.717) is 6.04 Å². The van der Waals surface area contributed by atoms with Gasteiger partial charge in [0.1, 0.15) is 0 Å². The first-order valence-corrected chi connectivity index (χ1v) is 7.65. The molecule has 3 rings (SSSR count). The zero-order chi connectivity index (χ0) is 14.3. The second-order valence-electron chi connectivity index (χ2n) is 5.59. The second-order valence-corrected chi connectivity index (χ2v) is 5.59. The smallest absolute Gasteiger partial charge is 0.213 e. The first kappa shape index (κ1) is 14.2. The highest BCUT2D eigenvalue weighted by Gasteiger charge is 2.18. The Morgan fingerprint density at radius 3 is 2.71 bits per heavy atom. The fourth-order valence-electron chi connectivity index (χ4n) is 2.83. The summed E-state index contributed by atoms with van der Waals surface area (Å²) in [5.74, 6) is 0.781. The summed E-state index contributed by atoms with van der Waals surface area (Å²) < 4.78 is 4.73. The minimum absolute atomic E-state index is 0.615. The Morgan fingerprint density at radius 1 is 1.19 bits per heavy atom. The van der Waals surface area contributed by atoms with Crippen LogP contribution in [-0.2, 0) is 13.0 Å². The molecule has 0 radical (unpaired) electrons. The van der Waals surface area contributed by atoms with Crippen LogP contribution >= 0.6 is 0 Å². The van der Waals surface area contributed by atoms with Gasteiger partial charge in [0.05, 0.1) is 0 Å². The summed E-state index contributed by atoms with van der Waals surface area (Å²) in [7, 11) is 0. The molecule has 1 N–H and O–H groups in total. The highest BCUT2D eigenvalue weighted by Crippen LogP contribution is 2.13. The van der Waals surface area contributed by atoms with Gasteiger partial charge >= 0.3 is 0 Å². The maximum absolute atomic E-state index is 4.73. The molecule has 2 aromatic rings. The molecule has 112 valence electrons. The van der Waals surface area contributed by atoms with E-state index in [2.05, 4.69) is 50.7 Å². The van der Waals surface area contributed by atoms with Crippen molar-refractivity contribution in [3.05, 3.63) is 48.1 Å². The standard InChI is InChI=1S/C16H22N4O/c1-2-4-14(5-3-1)12-20-10-7-15(8-11-20)17-9-6-16-18-13-21-19-16/h1-5,13,15,17H,6-12H2. The first-order valence-electron chi connectivity index (χ1n) is 7.65. The Labute approximate surface area is 125 Å². The van der Waals surface area contributed by atoms with Gasteiger partial charge in [-0.05, 0) is 31.5 Å². The molecule has 1 fully saturated rings. The number of hydrogen-bond donors (Lipinski definition) is 1. The van der Waals surface area contributed by atoms with Crippen molar-refractivity contribution in [2.45, 2.75) is 31.8 Å². The van der Waals surface area contributed by atoms with E-state index in [1.165, 1.54) is 24.8 Å². The van der Waals surface area contributed by atoms with Gasteiger partial charge in [-0.25, -0.2) is 0 Å². The van der Waals surface area contributed by atoms with Gasteiger partial charge < -0.3 is 9.84 Å². The Morgan fingerprint density at radius 2 is 2.00 bits per heavy atom. The van der Waals surface area contributed by atoms with E-state index in [1.807, 2.05) is 0 Å². The molecule has 0 saturated carbocycles. The van der Waals surface area contributed by atoms with Crippen molar-refractivity contribution in [2.75, 3.05) is 19.6 Å². The van der Waals surface area contributed by atoms with E-state index in [9.17, 15) is 0 Å². The molecule has 0 bridgehead atoms. The van der Waals surface area contributed by atoms with Crippen LogP contribution in [0.4, 0.5) is 0 Å². The zero-order valence-corrected chi connectivity index (χ0v) is 12.2. The number of nitrogens with zero attached hydrogens (tertiary/aromatic N) is 3. The van der Waals surface area contributed by atoms with Crippen LogP contribution in [0.5, 0.6) is 0 Å². The molecule has 0 spiro atoms. The van der Waals surface area contributed by atoms with Crippen LogP contribution in [0.3, 0.4) is 0 Å². The summed E-state index contributed by atoms with van der Waals surface area (Å²) in [6, 6.07) is 11.3.